The van der Waals surface area contributed by atoms with Gasteiger partial charge in [0, 0.05) is 11.6 Å². The van der Waals surface area contributed by atoms with Crippen LogP contribution >= 0.6 is 11.6 Å². The van der Waals surface area contributed by atoms with Crippen molar-refractivity contribution < 1.29 is 19.4 Å². The second kappa shape index (κ2) is 5.80. The fourth-order valence-corrected chi connectivity index (χ4v) is 0.977. The zero-order valence-electron chi connectivity index (χ0n) is 7.62. The van der Waals surface area contributed by atoms with E-state index in [1.165, 1.54) is 0 Å². The van der Waals surface area contributed by atoms with Crippen molar-refractivity contribution in [3.8, 4) is 0 Å². The van der Waals surface area contributed by atoms with Gasteiger partial charge in [-0.1, -0.05) is 6.92 Å². The molecular weight excluding hydrogens is 196 g/mol. The molecule has 13 heavy (non-hydrogen) atoms. The van der Waals surface area contributed by atoms with E-state index in [9.17, 15) is 9.59 Å². The Morgan fingerprint density at radius 1 is 1.38 bits per heavy atom. The highest BCUT2D eigenvalue weighted by Crippen LogP contribution is 2.11. The predicted octanol–water partition coefficient (Wildman–Crippen LogP) is 2.25. The van der Waals surface area contributed by atoms with Crippen molar-refractivity contribution >= 4 is 23.0 Å². The smallest absolute Gasteiger partial charge is 0.404 e. The van der Waals surface area contributed by atoms with Crippen LogP contribution in [0.4, 0.5) is 4.79 Å². The molecule has 0 aliphatic carbocycles. The summed E-state index contributed by atoms with van der Waals surface area (Å²) in [5.41, 5.74) is -0.851. The molecule has 4 nitrogen and oxygen atoms in total. The van der Waals surface area contributed by atoms with Gasteiger partial charge in [0.05, 0.1) is 5.92 Å². The zero-order chi connectivity index (χ0) is 10.4. The predicted molar refractivity (Wildman–Crippen MR) is 47.8 cm³/mol. The van der Waals surface area contributed by atoms with Crippen LogP contribution in [0.25, 0.3) is 0 Å². The summed E-state index contributed by atoms with van der Waals surface area (Å²) in [7, 11) is 0. The van der Waals surface area contributed by atoms with E-state index in [1.807, 2.05) is 0 Å². The summed E-state index contributed by atoms with van der Waals surface area (Å²) in [6.07, 6.45) is 0.652. The van der Waals surface area contributed by atoms with Crippen molar-refractivity contribution in [2.45, 2.75) is 32.8 Å². The molecule has 0 aromatic carbocycles. The van der Waals surface area contributed by atoms with Crippen molar-refractivity contribution in [3.63, 3.8) is 0 Å². The van der Waals surface area contributed by atoms with E-state index in [2.05, 4.69) is 4.74 Å². The molecule has 1 unspecified atom stereocenters. The third kappa shape index (κ3) is 6.40. The number of carboxylic acids is 1. The molecule has 0 aromatic heterocycles. The summed E-state index contributed by atoms with van der Waals surface area (Å²) in [5, 5.41) is 8.54. The van der Waals surface area contributed by atoms with Crippen LogP contribution in [0.5, 0.6) is 0 Å². The van der Waals surface area contributed by atoms with E-state index in [1.54, 1.807) is 13.8 Å². The van der Waals surface area contributed by atoms with Crippen molar-refractivity contribution in [2.24, 2.45) is 5.92 Å². The van der Waals surface area contributed by atoms with Crippen LogP contribution in [0.3, 0.4) is 0 Å². The number of rotatable bonds is 5. The molecule has 0 aliphatic heterocycles. The number of hydrogen-bond donors (Lipinski definition) is 1. The Bertz CT molecular complexity index is 193. The van der Waals surface area contributed by atoms with Gasteiger partial charge in [-0.05, 0) is 19.8 Å². The largest absolute Gasteiger partial charge is 0.481 e. The van der Waals surface area contributed by atoms with E-state index in [-0.39, 0.29) is 6.10 Å². The summed E-state index contributed by atoms with van der Waals surface area (Å²) in [5.74, 6) is -1.26. The van der Waals surface area contributed by atoms with Gasteiger partial charge in [-0.25, -0.2) is 4.79 Å². The fourth-order valence-electron chi connectivity index (χ4n) is 0.825. The van der Waals surface area contributed by atoms with Crippen molar-refractivity contribution in [1.82, 2.24) is 0 Å². The van der Waals surface area contributed by atoms with Gasteiger partial charge in [0.15, 0.2) is 0 Å². The lowest BCUT2D eigenvalue weighted by Crippen LogP contribution is -2.15. The lowest BCUT2D eigenvalue weighted by atomic mass is 10.0. The minimum atomic E-state index is -0.851. The van der Waals surface area contributed by atoms with E-state index < -0.39 is 17.3 Å². The van der Waals surface area contributed by atoms with Gasteiger partial charge < -0.3 is 9.84 Å². The van der Waals surface area contributed by atoms with Gasteiger partial charge >= 0.3 is 11.4 Å². The van der Waals surface area contributed by atoms with E-state index in [0.29, 0.717) is 12.8 Å². The average Bonchev–Trinajstić information content (AvgIpc) is 1.98. The topological polar surface area (TPSA) is 63.6 Å². The van der Waals surface area contributed by atoms with Crippen LogP contribution in [0, 0.1) is 5.92 Å². The zero-order valence-corrected chi connectivity index (χ0v) is 8.37. The Morgan fingerprint density at radius 2 is 1.92 bits per heavy atom. The highest BCUT2D eigenvalue weighted by atomic mass is 35.5. The summed E-state index contributed by atoms with van der Waals surface area (Å²) >= 11 is 4.97. The Labute approximate surface area is 81.8 Å². The lowest BCUT2D eigenvalue weighted by molar-refractivity contribution is -0.141. The molecule has 5 heteroatoms. The van der Waals surface area contributed by atoms with Crippen LogP contribution in [0.1, 0.15) is 26.7 Å². The van der Waals surface area contributed by atoms with Crippen LogP contribution in [0.15, 0.2) is 0 Å². The monoisotopic (exact) mass is 208 g/mol. The Morgan fingerprint density at radius 3 is 2.31 bits per heavy atom. The maximum Gasteiger partial charge on any atom is 0.404 e. The maximum absolute atomic E-state index is 10.4. The lowest BCUT2D eigenvalue weighted by Gasteiger charge is -2.11. The number of carboxylic acid groups (broad SMARTS) is 1. The van der Waals surface area contributed by atoms with E-state index in [0.717, 1.165) is 0 Å². The fraction of sp³-hybridized carbons (Fsp3) is 0.750. The van der Waals surface area contributed by atoms with Crippen molar-refractivity contribution in [3.05, 3.63) is 0 Å². The standard InChI is InChI=1S/C8H13ClO4/c1-5(7(10)11)3-4-6(2)13-8(9)12/h5-6H,3-4H2,1-2H3,(H,10,11)/t5?,6-/m1/s1. The molecule has 0 saturated carbocycles. The van der Waals surface area contributed by atoms with Crippen LogP contribution in [0.2, 0.25) is 0 Å². The minimum absolute atomic E-state index is 0.327. The van der Waals surface area contributed by atoms with Gasteiger partial charge in [0.25, 0.3) is 0 Å². The third-order valence-electron chi connectivity index (χ3n) is 1.72. The first kappa shape index (κ1) is 12.2. The molecular formula is C8H13ClO4. The number of carbonyl (C=O) groups excluding carboxylic acids is 1. The maximum atomic E-state index is 10.4. The summed E-state index contributed by atoms with van der Waals surface area (Å²) in [6.45, 7) is 3.28. The van der Waals surface area contributed by atoms with Crippen LogP contribution in [-0.2, 0) is 9.53 Å². The number of hydrogen-bond acceptors (Lipinski definition) is 3. The molecule has 0 aliphatic rings. The second-order valence-electron chi connectivity index (χ2n) is 2.98. The molecule has 0 bridgehead atoms. The number of halogens is 1. The normalized spacial score (nSPS) is 14.7. The van der Waals surface area contributed by atoms with Crippen LogP contribution in [-0.4, -0.2) is 22.6 Å². The summed E-state index contributed by atoms with van der Waals surface area (Å²) in [6, 6.07) is 0. The number of carbonyl (C=O) groups is 2. The highest BCUT2D eigenvalue weighted by Gasteiger charge is 2.14. The summed E-state index contributed by atoms with van der Waals surface area (Å²) < 4.78 is 4.61. The highest BCUT2D eigenvalue weighted by molar-refractivity contribution is 6.61. The first-order chi connectivity index (χ1) is 5.93. The van der Waals surface area contributed by atoms with Gasteiger partial charge in [0.1, 0.15) is 6.10 Å². The van der Waals surface area contributed by atoms with E-state index >= 15 is 0 Å². The van der Waals surface area contributed by atoms with Gasteiger partial charge in [-0.2, -0.15) is 0 Å². The van der Waals surface area contributed by atoms with Crippen LogP contribution < -0.4 is 0 Å². The summed E-state index contributed by atoms with van der Waals surface area (Å²) in [4.78, 5) is 20.7. The molecule has 0 rings (SSSR count). The molecule has 0 amide bonds. The van der Waals surface area contributed by atoms with Gasteiger partial charge in [-0.3, -0.25) is 4.79 Å². The minimum Gasteiger partial charge on any atom is -0.481 e. The molecule has 0 spiro atoms. The van der Waals surface area contributed by atoms with Gasteiger partial charge in [0.2, 0.25) is 0 Å². The molecule has 0 radical (unpaired) electrons. The van der Waals surface area contributed by atoms with Crippen molar-refractivity contribution in [1.29, 1.82) is 0 Å². The molecule has 76 valence electrons. The Balaban J connectivity index is 3.63. The SMILES string of the molecule is CC(CC[C@@H](C)OC(=O)Cl)C(=O)O. The first-order valence-corrected chi connectivity index (χ1v) is 4.40. The molecule has 2 atom stereocenters. The average molecular weight is 209 g/mol. The quantitative estimate of drug-likeness (QED) is 0.704. The first-order valence-electron chi connectivity index (χ1n) is 4.02. The second-order valence-corrected chi connectivity index (χ2v) is 3.29. The molecule has 0 heterocycles. The van der Waals surface area contributed by atoms with Gasteiger partial charge in [-0.15, -0.1) is 0 Å². The van der Waals surface area contributed by atoms with E-state index in [4.69, 9.17) is 16.7 Å². The molecule has 0 saturated heterocycles. The Hall–Kier alpha value is -0.770. The Kier molecular flexibility index (Phi) is 5.46. The molecule has 1 N–H and O–H groups in total. The molecule has 0 fully saturated rings. The third-order valence-corrected chi connectivity index (χ3v) is 1.81. The molecule has 0 aromatic rings. The number of aliphatic carboxylic acids is 1. The number of ether oxygens (including phenoxy) is 1. The van der Waals surface area contributed by atoms with Crippen molar-refractivity contribution in [2.75, 3.05) is 0 Å².